The summed E-state index contributed by atoms with van der Waals surface area (Å²) in [4.78, 5) is 26.6. The number of carboxylic acids is 1. The second-order valence-electron chi connectivity index (χ2n) is 8.33. The van der Waals surface area contributed by atoms with E-state index >= 15 is 0 Å². The first-order valence-corrected chi connectivity index (χ1v) is 11.6. The van der Waals surface area contributed by atoms with Crippen LogP contribution in [-0.4, -0.2) is 38.7 Å². The van der Waals surface area contributed by atoms with Gasteiger partial charge in [0.25, 0.3) is 0 Å². The van der Waals surface area contributed by atoms with Crippen LogP contribution in [0.15, 0.2) is 36.5 Å². The fourth-order valence-electron chi connectivity index (χ4n) is 4.47. The molecule has 0 fully saturated rings. The molecule has 178 valence electrons. The van der Waals surface area contributed by atoms with Gasteiger partial charge in [0.2, 0.25) is 11.5 Å². The predicted molar refractivity (Wildman–Crippen MR) is 129 cm³/mol. The van der Waals surface area contributed by atoms with Gasteiger partial charge < -0.3 is 19.9 Å². The molecule has 8 heteroatoms. The number of hydrogen-bond donors (Lipinski definition) is 2. The minimum absolute atomic E-state index is 0.259. The Hall–Kier alpha value is -3.68. The molecule has 0 radical (unpaired) electrons. The predicted octanol–water partition coefficient (Wildman–Crippen LogP) is 4.76. The van der Waals surface area contributed by atoms with Gasteiger partial charge in [0, 0.05) is 17.3 Å². The molecule has 4 rings (SSSR count). The lowest BCUT2D eigenvalue weighted by atomic mass is 9.88. The van der Waals surface area contributed by atoms with E-state index in [0.717, 1.165) is 34.0 Å². The van der Waals surface area contributed by atoms with Crippen LogP contribution in [-0.2, 0) is 17.6 Å². The molecule has 0 amide bonds. The van der Waals surface area contributed by atoms with E-state index in [1.165, 1.54) is 0 Å². The minimum Gasteiger partial charge on any atom is -0.497 e. The number of benzene rings is 1. The number of hydrogen-bond acceptors (Lipinski definition) is 7. The molecule has 3 heterocycles. The summed E-state index contributed by atoms with van der Waals surface area (Å²) in [5.74, 6) is 0.645. The summed E-state index contributed by atoms with van der Waals surface area (Å²) in [6.07, 6.45) is 3.15. The number of nitrogens with one attached hydrogen (secondary N) is 1. The van der Waals surface area contributed by atoms with E-state index in [1.807, 2.05) is 45.0 Å². The van der Waals surface area contributed by atoms with E-state index in [2.05, 4.69) is 10.3 Å². The molecule has 0 saturated heterocycles. The number of carboxylic acid groups (broad SMARTS) is 1. The Bertz CT molecular complexity index is 1230. The molecule has 34 heavy (non-hydrogen) atoms. The number of anilines is 1. The summed E-state index contributed by atoms with van der Waals surface area (Å²) < 4.78 is 11.3. The monoisotopic (exact) mass is 462 g/mol. The molecule has 0 saturated carbocycles. The van der Waals surface area contributed by atoms with E-state index in [9.17, 15) is 9.90 Å². The molecule has 0 unspecified atom stereocenters. The van der Waals surface area contributed by atoms with Gasteiger partial charge in [0.05, 0.1) is 24.2 Å². The van der Waals surface area contributed by atoms with Crippen molar-refractivity contribution in [2.45, 2.75) is 58.6 Å². The smallest absolute Gasteiger partial charge is 0.350 e. The molecule has 0 aliphatic carbocycles. The number of methoxy groups -OCH3 is 1. The molecular weight excluding hydrogens is 432 g/mol. The maximum atomic E-state index is 12.4. The molecular formula is C26H30N4O4. The van der Waals surface area contributed by atoms with Crippen molar-refractivity contribution in [1.82, 2.24) is 15.0 Å². The van der Waals surface area contributed by atoms with Crippen molar-refractivity contribution in [3.8, 4) is 22.9 Å². The highest BCUT2D eigenvalue weighted by molar-refractivity contribution is 5.82. The molecule has 0 spiro atoms. The number of aryl methyl sites for hydroxylation is 3. The summed E-state index contributed by atoms with van der Waals surface area (Å²) in [6.45, 7) is 7.87. The molecule has 1 aliphatic rings. The molecule has 1 aromatic carbocycles. The molecule has 2 N–H and O–H groups in total. The van der Waals surface area contributed by atoms with Crippen molar-refractivity contribution in [3.63, 3.8) is 0 Å². The summed E-state index contributed by atoms with van der Waals surface area (Å²) >= 11 is 0. The minimum atomic E-state index is -1.49. The van der Waals surface area contributed by atoms with Gasteiger partial charge in [0.15, 0.2) is 0 Å². The van der Waals surface area contributed by atoms with Gasteiger partial charge in [-0.2, -0.15) is 0 Å². The third-order valence-electron chi connectivity index (χ3n) is 6.42. The summed E-state index contributed by atoms with van der Waals surface area (Å²) in [5.41, 5.74) is 3.68. The lowest BCUT2D eigenvalue weighted by molar-refractivity contribution is -0.155. The summed E-state index contributed by atoms with van der Waals surface area (Å²) in [7, 11) is 1.65. The number of aliphatic carboxylic acids is 1. The van der Waals surface area contributed by atoms with Crippen LogP contribution in [0.25, 0.3) is 11.3 Å². The quantitative estimate of drug-likeness (QED) is 0.494. The molecule has 1 aliphatic heterocycles. The molecule has 2 atom stereocenters. The van der Waals surface area contributed by atoms with Crippen LogP contribution in [0.3, 0.4) is 0 Å². The Labute approximate surface area is 199 Å². The number of nitrogens with zero attached hydrogens (tertiary/aromatic N) is 3. The lowest BCUT2D eigenvalue weighted by Crippen LogP contribution is -2.48. The molecule has 8 nitrogen and oxygen atoms in total. The molecule has 2 aromatic heterocycles. The number of fused-ring (bicyclic) bond motifs is 1. The van der Waals surface area contributed by atoms with E-state index in [1.54, 1.807) is 26.3 Å². The zero-order valence-corrected chi connectivity index (χ0v) is 20.2. The van der Waals surface area contributed by atoms with Gasteiger partial charge in [0.1, 0.15) is 17.6 Å². The second-order valence-corrected chi connectivity index (χ2v) is 8.33. The van der Waals surface area contributed by atoms with Crippen LogP contribution in [0.1, 0.15) is 55.7 Å². The largest absolute Gasteiger partial charge is 0.497 e. The number of aromatic nitrogens is 3. The van der Waals surface area contributed by atoms with Gasteiger partial charge >= 0.3 is 5.97 Å². The van der Waals surface area contributed by atoms with Gasteiger partial charge in [-0.15, -0.1) is 0 Å². The third-order valence-corrected chi connectivity index (χ3v) is 6.42. The fourth-order valence-corrected chi connectivity index (χ4v) is 4.47. The normalized spacial score (nSPS) is 18.8. The number of rotatable bonds is 8. The van der Waals surface area contributed by atoms with E-state index in [-0.39, 0.29) is 6.42 Å². The standard InChI is InChI=1S/C26H30N4O4/c1-6-19-21(17-12-11-16(33-5)14-15(17)4)28-20(7-2)23(29-19)30-22-18-10-9-13-27-24(18)34-26(22,8-3)25(31)32/h9-14,22H,6-8H2,1-5H3,(H,29,30)(H,31,32)/t22-,26-/m0/s1. The van der Waals surface area contributed by atoms with Crippen LogP contribution in [0.5, 0.6) is 11.6 Å². The van der Waals surface area contributed by atoms with Crippen LogP contribution in [0, 0.1) is 6.92 Å². The number of carbonyl (C=O) groups is 1. The zero-order valence-electron chi connectivity index (χ0n) is 20.2. The Kier molecular flexibility index (Phi) is 6.41. The lowest BCUT2D eigenvalue weighted by Gasteiger charge is -2.30. The van der Waals surface area contributed by atoms with Crippen molar-refractivity contribution < 1.29 is 19.4 Å². The Morgan fingerprint density at radius 2 is 1.94 bits per heavy atom. The van der Waals surface area contributed by atoms with Crippen LogP contribution < -0.4 is 14.8 Å². The van der Waals surface area contributed by atoms with Crippen LogP contribution in [0.4, 0.5) is 5.82 Å². The Balaban J connectivity index is 1.81. The average molecular weight is 463 g/mol. The fraction of sp³-hybridized carbons (Fsp3) is 0.385. The topological polar surface area (TPSA) is 106 Å². The first kappa shape index (κ1) is 23.5. The highest BCUT2D eigenvalue weighted by Crippen LogP contribution is 2.46. The van der Waals surface area contributed by atoms with Crippen molar-refractivity contribution in [2.24, 2.45) is 0 Å². The van der Waals surface area contributed by atoms with E-state index < -0.39 is 17.6 Å². The van der Waals surface area contributed by atoms with E-state index in [4.69, 9.17) is 19.4 Å². The number of pyridine rings is 1. The maximum Gasteiger partial charge on any atom is 0.350 e. The second kappa shape index (κ2) is 9.29. The Morgan fingerprint density at radius 3 is 2.56 bits per heavy atom. The van der Waals surface area contributed by atoms with Crippen LogP contribution >= 0.6 is 0 Å². The number of ether oxygens (including phenoxy) is 2. The van der Waals surface area contributed by atoms with Gasteiger partial charge in [-0.25, -0.2) is 19.7 Å². The maximum absolute atomic E-state index is 12.4. The van der Waals surface area contributed by atoms with Crippen LogP contribution in [0.2, 0.25) is 0 Å². The zero-order chi connectivity index (χ0) is 24.5. The van der Waals surface area contributed by atoms with Gasteiger partial charge in [-0.1, -0.05) is 20.8 Å². The molecule has 3 aromatic rings. The summed E-state index contributed by atoms with van der Waals surface area (Å²) in [5, 5.41) is 13.5. The first-order chi connectivity index (χ1) is 16.4. The van der Waals surface area contributed by atoms with E-state index in [0.29, 0.717) is 30.1 Å². The SMILES string of the molecule is CCc1nc(-c2ccc(OC)cc2C)c(CC)nc1N[C@H]1c2cccnc2O[C@]1(CC)C(=O)O. The third kappa shape index (κ3) is 3.83. The summed E-state index contributed by atoms with van der Waals surface area (Å²) in [6, 6.07) is 8.87. The van der Waals surface area contributed by atoms with Gasteiger partial charge in [-0.05, 0) is 62.1 Å². The van der Waals surface area contributed by atoms with Crippen molar-refractivity contribution >= 4 is 11.8 Å². The highest BCUT2D eigenvalue weighted by Gasteiger charge is 2.54. The highest BCUT2D eigenvalue weighted by atomic mass is 16.5. The van der Waals surface area contributed by atoms with Crippen molar-refractivity contribution in [2.75, 3.05) is 12.4 Å². The van der Waals surface area contributed by atoms with Crippen molar-refractivity contribution in [3.05, 3.63) is 59.0 Å². The molecule has 0 bridgehead atoms. The first-order valence-electron chi connectivity index (χ1n) is 11.6. The average Bonchev–Trinajstić information content (AvgIpc) is 3.18. The van der Waals surface area contributed by atoms with Crippen molar-refractivity contribution in [1.29, 1.82) is 0 Å². The van der Waals surface area contributed by atoms with Gasteiger partial charge in [-0.3, -0.25) is 0 Å². The Morgan fingerprint density at radius 1 is 1.18 bits per heavy atom.